The second kappa shape index (κ2) is 15.8. The van der Waals surface area contributed by atoms with E-state index in [9.17, 15) is 27.6 Å². The Morgan fingerprint density at radius 2 is 1.40 bits per heavy atom. The summed E-state index contributed by atoms with van der Waals surface area (Å²) in [4.78, 5) is 44.4. The molecule has 3 aromatic rings. The molecule has 1 amide bonds. The number of Topliss-reactive ketones (excluding diaryl/α,β-unsaturated/α-hetero) is 1. The summed E-state index contributed by atoms with van der Waals surface area (Å²) < 4.78 is 42.8. The van der Waals surface area contributed by atoms with E-state index in [-0.39, 0.29) is 23.8 Å². The molecule has 3 heterocycles. The van der Waals surface area contributed by atoms with E-state index in [4.69, 9.17) is 19.4 Å². The van der Waals surface area contributed by atoms with Gasteiger partial charge in [-0.25, -0.2) is 0 Å². The first-order chi connectivity index (χ1) is 21.3. The summed E-state index contributed by atoms with van der Waals surface area (Å²) in [6, 6.07) is 25.8. The van der Waals surface area contributed by atoms with Crippen molar-refractivity contribution in [3.05, 3.63) is 96.1 Å². The minimum Gasteiger partial charge on any atom is -0.542 e. The second-order valence-corrected chi connectivity index (χ2v) is 10.7. The lowest BCUT2D eigenvalue weighted by molar-refractivity contribution is -0.938. The third-order valence-electron chi connectivity index (χ3n) is 7.55. The number of benzene rings is 3. The Bertz CT molecular complexity index is 1420. The van der Waals surface area contributed by atoms with Crippen LogP contribution < -0.4 is 15.2 Å². The van der Waals surface area contributed by atoms with Gasteiger partial charge in [-0.3, -0.25) is 14.4 Å². The average molecular weight is 629 g/mol. The lowest BCUT2D eigenvalue weighted by Crippen LogP contribution is -2.65. The number of hydrogen-bond acceptors (Lipinski definition) is 7. The van der Waals surface area contributed by atoms with Gasteiger partial charge in [-0.1, -0.05) is 48.5 Å². The number of para-hydroxylation sites is 1. The van der Waals surface area contributed by atoms with Crippen molar-refractivity contribution < 1.29 is 51.4 Å². The number of carboxylic acids is 1. The van der Waals surface area contributed by atoms with Crippen LogP contribution in [0, 0.1) is 5.92 Å². The maximum Gasteiger partial charge on any atom is 0.430 e. The molecule has 0 unspecified atom stereocenters. The van der Waals surface area contributed by atoms with Crippen LogP contribution in [0.4, 0.5) is 18.9 Å². The number of piperidine rings is 3. The molecule has 0 saturated carbocycles. The summed E-state index contributed by atoms with van der Waals surface area (Å²) in [5, 5.41) is 11.6. The van der Waals surface area contributed by atoms with Gasteiger partial charge in [-0.05, 0) is 36.4 Å². The highest BCUT2D eigenvalue weighted by Crippen LogP contribution is 2.35. The number of anilines is 1. The lowest BCUT2D eigenvalue weighted by Gasteiger charge is -2.51. The summed E-state index contributed by atoms with van der Waals surface area (Å²) in [5.41, 5.74) is 2.17. The molecule has 2 bridgehead atoms. The Morgan fingerprint density at radius 1 is 0.867 bits per heavy atom. The third-order valence-corrected chi connectivity index (χ3v) is 7.55. The normalized spacial score (nSPS) is 19.8. The number of quaternary nitrogens is 1. The van der Waals surface area contributed by atoms with Crippen LogP contribution in [0.2, 0.25) is 0 Å². The van der Waals surface area contributed by atoms with Gasteiger partial charge in [0.05, 0.1) is 20.2 Å². The van der Waals surface area contributed by atoms with Crippen molar-refractivity contribution in [3.63, 3.8) is 0 Å². The molecule has 12 heteroatoms. The van der Waals surface area contributed by atoms with Crippen LogP contribution in [0.15, 0.2) is 84.9 Å². The largest absolute Gasteiger partial charge is 0.542 e. The zero-order valence-corrected chi connectivity index (χ0v) is 24.9. The molecule has 3 aromatic carbocycles. The Balaban J connectivity index is 0.000000207. The lowest BCUT2D eigenvalue weighted by atomic mass is 9.83. The van der Waals surface area contributed by atoms with Crippen molar-refractivity contribution in [2.75, 3.05) is 38.6 Å². The molecule has 0 aromatic heterocycles. The van der Waals surface area contributed by atoms with Gasteiger partial charge in [-0.15, -0.1) is 0 Å². The van der Waals surface area contributed by atoms with E-state index in [1.54, 1.807) is 31.4 Å². The molecule has 45 heavy (non-hydrogen) atoms. The van der Waals surface area contributed by atoms with Gasteiger partial charge >= 0.3 is 12.1 Å². The van der Waals surface area contributed by atoms with Gasteiger partial charge in [0.25, 0.3) is 5.91 Å². The van der Waals surface area contributed by atoms with Crippen LogP contribution in [0.3, 0.4) is 0 Å². The predicted molar refractivity (Wildman–Crippen MR) is 157 cm³/mol. The number of ether oxygens (including phenoxy) is 2. The number of ketones is 1. The molecule has 0 radical (unpaired) electrons. The molecule has 1 N–H and O–H groups in total. The minimum absolute atomic E-state index is 0.00595. The molecule has 3 aliphatic heterocycles. The summed E-state index contributed by atoms with van der Waals surface area (Å²) in [7, 11) is 1.60. The van der Waals surface area contributed by atoms with Gasteiger partial charge in [0, 0.05) is 42.5 Å². The Kier molecular flexibility index (Phi) is 12.2. The monoisotopic (exact) mass is 628 g/mol. The molecular weight excluding hydrogens is 593 g/mol. The van der Waals surface area contributed by atoms with Crippen molar-refractivity contribution in [2.24, 2.45) is 5.92 Å². The number of rotatable bonds is 7. The molecular formula is C33H35F3N2O7. The van der Waals surface area contributed by atoms with Crippen molar-refractivity contribution >= 4 is 29.3 Å². The molecule has 3 saturated heterocycles. The second-order valence-electron chi connectivity index (χ2n) is 10.7. The van der Waals surface area contributed by atoms with E-state index >= 15 is 0 Å². The number of nitrogens with zero attached hydrogens (tertiary/aromatic N) is 1. The molecule has 0 spiro atoms. The van der Waals surface area contributed by atoms with E-state index in [0.29, 0.717) is 18.0 Å². The van der Waals surface area contributed by atoms with E-state index in [1.165, 1.54) is 6.92 Å². The predicted octanol–water partition coefficient (Wildman–Crippen LogP) is 4.29. The van der Waals surface area contributed by atoms with Crippen LogP contribution in [-0.4, -0.2) is 73.7 Å². The van der Waals surface area contributed by atoms with Crippen LogP contribution in [0.25, 0.3) is 0 Å². The fourth-order valence-corrected chi connectivity index (χ4v) is 5.28. The summed E-state index contributed by atoms with van der Waals surface area (Å²) in [5.74, 6) is -1.92. The quantitative estimate of drug-likeness (QED) is 0.235. The first kappa shape index (κ1) is 34.8. The zero-order valence-electron chi connectivity index (χ0n) is 24.9. The molecule has 0 aliphatic carbocycles. The SMILES string of the molecule is CC(=O)O[C@H]1C[N+]2(CC(=O)c3ccccc3)CCC1CC2.COc1ccc(C(=O)Nc2ccccc2)cc1.O=C([O-])C(F)(F)F. The molecule has 1 atom stereocenters. The number of alkyl halides is 3. The van der Waals surface area contributed by atoms with Gasteiger partial charge < -0.3 is 29.2 Å². The van der Waals surface area contributed by atoms with Gasteiger partial charge in [-0.2, -0.15) is 13.2 Å². The van der Waals surface area contributed by atoms with E-state index < -0.39 is 12.1 Å². The number of methoxy groups -OCH3 is 1. The van der Waals surface area contributed by atoms with Crippen LogP contribution in [0.1, 0.15) is 40.5 Å². The number of hydrogen-bond donors (Lipinski definition) is 1. The standard InChI is InChI=1S/C17H22NO3.C14H13NO2.C2HF3O2/c1-13(19)21-17-12-18(9-7-15(17)8-10-18)11-16(20)14-5-3-2-4-6-14;1-17-13-9-7-11(8-10-13)14(16)15-12-5-3-2-4-6-12;3-2(4,5)1(6)7/h2-6,15,17H,7-12H2,1H3;2-10H,1H3,(H,15,16);(H,6,7)/q+1;;/p-1/t15?,17-,18?;;/m0../s1. The number of carbonyl (C=O) groups is 4. The number of nitrogens with one attached hydrogen (secondary N) is 1. The Labute approximate surface area is 259 Å². The number of carbonyl (C=O) groups excluding carboxylic acids is 4. The smallest absolute Gasteiger partial charge is 0.430 e. The number of halogens is 3. The molecule has 6 rings (SSSR count). The van der Waals surface area contributed by atoms with Crippen molar-refractivity contribution in [2.45, 2.75) is 32.0 Å². The maximum atomic E-state index is 12.5. The van der Waals surface area contributed by atoms with E-state index in [0.717, 1.165) is 54.0 Å². The van der Waals surface area contributed by atoms with Crippen LogP contribution in [-0.2, 0) is 14.3 Å². The topological polar surface area (TPSA) is 122 Å². The zero-order chi connectivity index (χ0) is 33.0. The van der Waals surface area contributed by atoms with Crippen LogP contribution >= 0.6 is 0 Å². The summed E-state index contributed by atoms with van der Waals surface area (Å²) in [6.07, 6.45) is -3.09. The van der Waals surface area contributed by atoms with Gasteiger partial charge in [0.2, 0.25) is 5.78 Å². The van der Waals surface area contributed by atoms with Crippen molar-refractivity contribution in [3.8, 4) is 5.75 Å². The number of esters is 1. The van der Waals surface area contributed by atoms with E-state index in [2.05, 4.69) is 5.32 Å². The third kappa shape index (κ3) is 10.8. The molecule has 3 aliphatic rings. The number of carboxylic acid groups (broad SMARTS) is 1. The van der Waals surface area contributed by atoms with E-state index in [1.807, 2.05) is 60.7 Å². The summed E-state index contributed by atoms with van der Waals surface area (Å²) in [6.45, 7) is 4.84. The summed E-state index contributed by atoms with van der Waals surface area (Å²) >= 11 is 0. The fourth-order valence-electron chi connectivity index (χ4n) is 5.28. The number of aliphatic carboxylic acids is 1. The highest BCUT2D eigenvalue weighted by Gasteiger charge is 2.48. The van der Waals surface area contributed by atoms with Gasteiger partial charge in [0.1, 0.15) is 24.8 Å². The Morgan fingerprint density at radius 3 is 1.89 bits per heavy atom. The number of fused-ring (bicyclic) bond motifs is 3. The fraction of sp³-hybridized carbons (Fsp3) is 0.333. The average Bonchev–Trinajstić information content (AvgIpc) is 3.02. The first-order valence-corrected chi connectivity index (χ1v) is 14.2. The van der Waals surface area contributed by atoms with Crippen LogP contribution in [0.5, 0.6) is 5.75 Å². The molecule has 240 valence electrons. The maximum absolute atomic E-state index is 12.5. The Hall–Kier alpha value is -4.71. The molecule has 3 fully saturated rings. The highest BCUT2D eigenvalue weighted by atomic mass is 19.4. The number of amides is 1. The minimum atomic E-state index is -5.19. The molecule has 9 nitrogen and oxygen atoms in total. The highest BCUT2D eigenvalue weighted by molar-refractivity contribution is 6.04. The first-order valence-electron chi connectivity index (χ1n) is 14.2. The van der Waals surface area contributed by atoms with Crippen molar-refractivity contribution in [1.82, 2.24) is 0 Å². The van der Waals surface area contributed by atoms with Gasteiger partial charge in [0.15, 0.2) is 6.10 Å². The van der Waals surface area contributed by atoms with Crippen molar-refractivity contribution in [1.29, 1.82) is 0 Å².